The van der Waals surface area contributed by atoms with E-state index in [2.05, 4.69) is 4.90 Å². The van der Waals surface area contributed by atoms with E-state index in [1.165, 1.54) is 0 Å². The van der Waals surface area contributed by atoms with Gasteiger partial charge in [-0.1, -0.05) is 35.9 Å². The Bertz CT molecular complexity index is 494. The van der Waals surface area contributed by atoms with Crippen molar-refractivity contribution >= 4 is 23.0 Å². The predicted molar refractivity (Wildman–Crippen MR) is 73.8 cm³/mol. The minimum atomic E-state index is 0.566. The molecule has 0 heterocycles. The molecule has 0 saturated heterocycles. The van der Waals surface area contributed by atoms with Crippen LogP contribution in [0.5, 0.6) is 0 Å². The molecule has 2 aromatic rings. The summed E-state index contributed by atoms with van der Waals surface area (Å²) in [6, 6.07) is 16.0. The Labute approximate surface area is 107 Å². The van der Waals surface area contributed by atoms with E-state index in [0.717, 1.165) is 22.0 Å². The fourth-order valence-corrected chi connectivity index (χ4v) is 1.98. The summed E-state index contributed by atoms with van der Waals surface area (Å²) in [4.78, 5) is 2.06. The van der Waals surface area contributed by atoms with Crippen molar-refractivity contribution in [2.75, 3.05) is 11.9 Å². The van der Waals surface area contributed by atoms with E-state index in [9.17, 15) is 0 Å². The second-order valence-corrected chi connectivity index (χ2v) is 4.29. The molecule has 0 aliphatic carbocycles. The lowest BCUT2D eigenvalue weighted by Crippen LogP contribution is -2.10. The molecule has 0 unspecified atom stereocenters. The predicted octanol–water partition coefficient (Wildman–Crippen LogP) is 3.57. The third-order valence-electron chi connectivity index (χ3n) is 2.77. The average molecular weight is 247 g/mol. The van der Waals surface area contributed by atoms with Crippen LogP contribution in [0.25, 0.3) is 0 Å². The Morgan fingerprint density at radius 2 is 1.71 bits per heavy atom. The molecule has 2 rings (SSSR count). The number of rotatable bonds is 3. The van der Waals surface area contributed by atoms with Crippen molar-refractivity contribution in [3.63, 3.8) is 0 Å². The van der Waals surface area contributed by atoms with Crippen LogP contribution in [0.1, 0.15) is 5.56 Å². The molecule has 88 valence electrons. The van der Waals surface area contributed by atoms with Crippen molar-refractivity contribution in [2.24, 2.45) is 5.73 Å². The Kier molecular flexibility index (Phi) is 3.67. The number of benzene rings is 2. The second-order valence-electron chi connectivity index (χ2n) is 3.88. The van der Waals surface area contributed by atoms with Gasteiger partial charge in [0.15, 0.2) is 0 Å². The molecule has 17 heavy (non-hydrogen) atoms. The maximum Gasteiger partial charge on any atom is 0.0642 e. The summed E-state index contributed by atoms with van der Waals surface area (Å²) in [6.07, 6.45) is 0. The van der Waals surface area contributed by atoms with E-state index in [1.54, 1.807) is 0 Å². The summed E-state index contributed by atoms with van der Waals surface area (Å²) in [5, 5.41) is 0.748. The zero-order chi connectivity index (χ0) is 12.3. The Morgan fingerprint density at radius 1 is 1.06 bits per heavy atom. The van der Waals surface area contributed by atoms with Gasteiger partial charge in [0.2, 0.25) is 0 Å². The summed E-state index contributed by atoms with van der Waals surface area (Å²) in [5.41, 5.74) is 8.79. The third-order valence-corrected chi connectivity index (χ3v) is 3.09. The summed E-state index contributed by atoms with van der Waals surface area (Å²) in [5.74, 6) is 0. The van der Waals surface area contributed by atoms with E-state index in [4.69, 9.17) is 17.3 Å². The largest absolute Gasteiger partial charge is 0.343 e. The van der Waals surface area contributed by atoms with E-state index in [1.807, 2.05) is 55.6 Å². The number of hydrogen-bond donors (Lipinski definition) is 1. The fourth-order valence-electron chi connectivity index (χ4n) is 1.72. The number of para-hydroxylation sites is 1. The zero-order valence-corrected chi connectivity index (χ0v) is 10.5. The molecule has 0 aliphatic heterocycles. The molecule has 2 aromatic carbocycles. The van der Waals surface area contributed by atoms with Gasteiger partial charge in [-0.25, -0.2) is 0 Å². The maximum atomic E-state index is 6.17. The number of nitrogens with two attached hydrogens (primary N) is 1. The van der Waals surface area contributed by atoms with Crippen LogP contribution in [0.2, 0.25) is 5.02 Å². The third kappa shape index (κ3) is 2.60. The van der Waals surface area contributed by atoms with Crippen LogP contribution in [0, 0.1) is 0 Å². The molecule has 0 fully saturated rings. The van der Waals surface area contributed by atoms with Gasteiger partial charge >= 0.3 is 0 Å². The standard InChI is InChI=1S/C14H15ClN2/c1-17(14-5-3-2-4-13(14)15)12-8-6-11(10-16)7-9-12/h2-9H,10,16H2,1H3. The highest BCUT2D eigenvalue weighted by molar-refractivity contribution is 6.33. The summed E-state index contributed by atoms with van der Waals surface area (Å²) in [7, 11) is 2.00. The summed E-state index contributed by atoms with van der Waals surface area (Å²) < 4.78 is 0. The zero-order valence-electron chi connectivity index (χ0n) is 9.73. The van der Waals surface area contributed by atoms with Crippen molar-refractivity contribution in [1.29, 1.82) is 0 Å². The highest BCUT2D eigenvalue weighted by atomic mass is 35.5. The minimum Gasteiger partial charge on any atom is -0.343 e. The maximum absolute atomic E-state index is 6.17. The van der Waals surface area contributed by atoms with Crippen LogP contribution < -0.4 is 10.6 Å². The molecular formula is C14H15ClN2. The van der Waals surface area contributed by atoms with Gasteiger partial charge in [0, 0.05) is 19.3 Å². The highest BCUT2D eigenvalue weighted by Crippen LogP contribution is 2.30. The van der Waals surface area contributed by atoms with Crippen molar-refractivity contribution in [2.45, 2.75) is 6.54 Å². The first-order valence-electron chi connectivity index (χ1n) is 5.49. The van der Waals surface area contributed by atoms with E-state index in [0.29, 0.717) is 6.54 Å². The van der Waals surface area contributed by atoms with E-state index in [-0.39, 0.29) is 0 Å². The molecule has 0 saturated carbocycles. The van der Waals surface area contributed by atoms with Gasteiger partial charge in [-0.3, -0.25) is 0 Å². The molecule has 0 radical (unpaired) electrons. The van der Waals surface area contributed by atoms with Gasteiger partial charge in [0.05, 0.1) is 10.7 Å². The first kappa shape index (κ1) is 12.0. The van der Waals surface area contributed by atoms with E-state index >= 15 is 0 Å². The van der Waals surface area contributed by atoms with Crippen LogP contribution in [0.3, 0.4) is 0 Å². The lowest BCUT2D eigenvalue weighted by atomic mass is 10.2. The summed E-state index contributed by atoms with van der Waals surface area (Å²) in [6.45, 7) is 0.566. The molecule has 0 spiro atoms. The van der Waals surface area contributed by atoms with Gasteiger partial charge in [0.25, 0.3) is 0 Å². The molecule has 0 aliphatic rings. The molecule has 0 bridgehead atoms. The Morgan fingerprint density at radius 3 is 2.29 bits per heavy atom. The van der Waals surface area contributed by atoms with Gasteiger partial charge < -0.3 is 10.6 Å². The van der Waals surface area contributed by atoms with Crippen LogP contribution in [0.15, 0.2) is 48.5 Å². The number of halogens is 1. The van der Waals surface area contributed by atoms with Crippen LogP contribution in [0.4, 0.5) is 11.4 Å². The van der Waals surface area contributed by atoms with Crippen molar-refractivity contribution in [3.05, 3.63) is 59.1 Å². The average Bonchev–Trinajstić information content (AvgIpc) is 2.39. The van der Waals surface area contributed by atoms with Crippen LogP contribution in [-0.2, 0) is 6.54 Å². The Balaban J connectivity index is 2.30. The van der Waals surface area contributed by atoms with Crippen molar-refractivity contribution in [1.82, 2.24) is 0 Å². The molecule has 0 aromatic heterocycles. The van der Waals surface area contributed by atoms with Crippen LogP contribution >= 0.6 is 11.6 Å². The lowest BCUT2D eigenvalue weighted by molar-refractivity contribution is 1.07. The lowest BCUT2D eigenvalue weighted by Gasteiger charge is -2.20. The fraction of sp³-hybridized carbons (Fsp3) is 0.143. The molecule has 3 heteroatoms. The molecule has 2 nitrogen and oxygen atoms in total. The molecule has 2 N–H and O–H groups in total. The van der Waals surface area contributed by atoms with Gasteiger partial charge in [-0.2, -0.15) is 0 Å². The number of nitrogens with zero attached hydrogens (tertiary/aromatic N) is 1. The minimum absolute atomic E-state index is 0.566. The van der Waals surface area contributed by atoms with Gasteiger partial charge in [-0.15, -0.1) is 0 Å². The quantitative estimate of drug-likeness (QED) is 0.897. The molecular weight excluding hydrogens is 232 g/mol. The summed E-state index contributed by atoms with van der Waals surface area (Å²) >= 11 is 6.17. The first-order chi connectivity index (χ1) is 8.22. The normalized spacial score (nSPS) is 10.3. The smallest absolute Gasteiger partial charge is 0.0642 e. The SMILES string of the molecule is CN(c1ccc(CN)cc1)c1ccccc1Cl. The second kappa shape index (κ2) is 5.21. The number of hydrogen-bond acceptors (Lipinski definition) is 2. The van der Waals surface area contributed by atoms with Gasteiger partial charge in [-0.05, 0) is 29.8 Å². The van der Waals surface area contributed by atoms with E-state index < -0.39 is 0 Å². The highest BCUT2D eigenvalue weighted by Gasteiger charge is 2.06. The first-order valence-corrected chi connectivity index (χ1v) is 5.87. The molecule has 0 atom stereocenters. The Hall–Kier alpha value is -1.51. The van der Waals surface area contributed by atoms with Crippen molar-refractivity contribution in [3.8, 4) is 0 Å². The topological polar surface area (TPSA) is 29.3 Å². The monoisotopic (exact) mass is 246 g/mol. The molecule has 0 amide bonds. The van der Waals surface area contributed by atoms with Crippen LogP contribution in [-0.4, -0.2) is 7.05 Å². The number of anilines is 2. The van der Waals surface area contributed by atoms with Crippen molar-refractivity contribution < 1.29 is 0 Å². The van der Waals surface area contributed by atoms with Gasteiger partial charge in [0.1, 0.15) is 0 Å².